The summed E-state index contributed by atoms with van der Waals surface area (Å²) in [5.41, 5.74) is 2.00. The minimum absolute atomic E-state index is 0.0493. The van der Waals surface area contributed by atoms with E-state index in [1.165, 1.54) is 0 Å². The average molecular weight is 425 g/mol. The number of nitrogens with zero attached hydrogens (tertiary/aromatic N) is 2. The Bertz CT molecular complexity index is 979. The second-order valence-corrected chi connectivity index (χ2v) is 8.72. The van der Waals surface area contributed by atoms with Gasteiger partial charge in [-0.05, 0) is 42.7 Å². The lowest BCUT2D eigenvalue weighted by molar-refractivity contribution is -0.132. The number of hydrogen-bond donors (Lipinski definition) is 0. The lowest BCUT2D eigenvalue weighted by Gasteiger charge is -2.30. The monoisotopic (exact) mass is 424 g/mol. The molecule has 1 atom stereocenters. The average Bonchev–Trinajstić information content (AvgIpc) is 3.28. The highest BCUT2D eigenvalue weighted by atomic mass is 32.2. The number of hydrogen-bond acceptors (Lipinski definition) is 5. The number of amides is 2. The van der Waals surface area contributed by atoms with Gasteiger partial charge in [-0.25, -0.2) is 0 Å². The van der Waals surface area contributed by atoms with Gasteiger partial charge in [-0.1, -0.05) is 18.2 Å². The van der Waals surface area contributed by atoms with Crippen LogP contribution in [-0.4, -0.2) is 48.8 Å². The number of anilines is 1. The number of thioether (sulfide) groups is 1. The van der Waals surface area contributed by atoms with E-state index in [1.54, 1.807) is 16.7 Å². The van der Waals surface area contributed by atoms with Gasteiger partial charge in [0, 0.05) is 24.4 Å². The third kappa shape index (κ3) is 3.62. The molecule has 5 rings (SSSR count). The fraction of sp³-hybridized carbons (Fsp3) is 0.391. The summed E-state index contributed by atoms with van der Waals surface area (Å²) in [7, 11) is 0. The second-order valence-electron chi connectivity index (χ2n) is 7.70. The summed E-state index contributed by atoms with van der Waals surface area (Å²) in [5, 5.41) is 0. The van der Waals surface area contributed by atoms with Gasteiger partial charge in [0.1, 0.15) is 13.2 Å². The molecule has 156 valence electrons. The van der Waals surface area contributed by atoms with Crippen molar-refractivity contribution < 1.29 is 19.1 Å². The van der Waals surface area contributed by atoms with E-state index >= 15 is 0 Å². The van der Waals surface area contributed by atoms with Crippen molar-refractivity contribution >= 4 is 29.3 Å². The molecule has 0 N–H and O–H groups in total. The molecular weight excluding hydrogens is 400 g/mol. The first kappa shape index (κ1) is 19.3. The van der Waals surface area contributed by atoms with Crippen molar-refractivity contribution in [1.82, 2.24) is 4.90 Å². The smallest absolute Gasteiger partial charge is 0.237 e. The number of likely N-dealkylation sites (tertiary alicyclic amines) is 1. The summed E-state index contributed by atoms with van der Waals surface area (Å²) in [6, 6.07) is 13.9. The predicted molar refractivity (Wildman–Crippen MR) is 115 cm³/mol. The highest BCUT2D eigenvalue weighted by molar-refractivity contribution is 8.00. The van der Waals surface area contributed by atoms with Gasteiger partial charge in [0.05, 0.1) is 17.5 Å². The Hall–Kier alpha value is -2.67. The first-order valence-electron chi connectivity index (χ1n) is 10.4. The lowest BCUT2D eigenvalue weighted by Crippen LogP contribution is -2.39. The maximum Gasteiger partial charge on any atom is 0.237 e. The van der Waals surface area contributed by atoms with Crippen LogP contribution in [0.15, 0.2) is 47.4 Å². The minimum atomic E-state index is 0.0493. The van der Waals surface area contributed by atoms with Crippen LogP contribution in [-0.2, 0) is 9.59 Å². The highest BCUT2D eigenvalue weighted by Gasteiger charge is 2.32. The molecule has 6 nitrogen and oxygen atoms in total. The molecule has 1 fully saturated rings. The number of rotatable bonds is 4. The summed E-state index contributed by atoms with van der Waals surface area (Å²) >= 11 is 1.56. The van der Waals surface area contributed by atoms with E-state index < -0.39 is 0 Å². The van der Waals surface area contributed by atoms with Crippen molar-refractivity contribution in [2.45, 2.75) is 30.2 Å². The molecule has 2 aromatic rings. The molecule has 2 aromatic carbocycles. The Morgan fingerprint density at radius 1 is 1.10 bits per heavy atom. The van der Waals surface area contributed by atoms with Crippen molar-refractivity contribution in [3.63, 3.8) is 0 Å². The zero-order valence-corrected chi connectivity index (χ0v) is 17.5. The minimum Gasteiger partial charge on any atom is -0.486 e. The van der Waals surface area contributed by atoms with E-state index in [9.17, 15) is 9.59 Å². The van der Waals surface area contributed by atoms with Gasteiger partial charge in [0.2, 0.25) is 11.8 Å². The van der Waals surface area contributed by atoms with Gasteiger partial charge < -0.3 is 19.3 Å². The van der Waals surface area contributed by atoms with Crippen LogP contribution in [0, 0.1) is 0 Å². The Morgan fingerprint density at radius 2 is 1.93 bits per heavy atom. The topological polar surface area (TPSA) is 59.1 Å². The van der Waals surface area contributed by atoms with Crippen LogP contribution in [0.1, 0.15) is 30.9 Å². The Morgan fingerprint density at radius 3 is 2.83 bits per heavy atom. The zero-order chi connectivity index (χ0) is 20.5. The fourth-order valence-corrected chi connectivity index (χ4v) is 5.36. The van der Waals surface area contributed by atoms with Gasteiger partial charge >= 0.3 is 0 Å². The summed E-state index contributed by atoms with van der Waals surface area (Å²) < 4.78 is 11.3. The van der Waals surface area contributed by atoms with E-state index in [0.29, 0.717) is 31.9 Å². The highest BCUT2D eigenvalue weighted by Crippen LogP contribution is 2.39. The fourth-order valence-electron chi connectivity index (χ4n) is 4.43. The van der Waals surface area contributed by atoms with Gasteiger partial charge in [-0.15, -0.1) is 11.8 Å². The summed E-state index contributed by atoms with van der Waals surface area (Å²) in [4.78, 5) is 30.4. The molecule has 3 heterocycles. The molecule has 7 heteroatoms. The van der Waals surface area contributed by atoms with Gasteiger partial charge in [-0.2, -0.15) is 0 Å². The summed E-state index contributed by atoms with van der Waals surface area (Å²) in [5.74, 6) is 2.11. The van der Waals surface area contributed by atoms with Crippen LogP contribution in [0.2, 0.25) is 0 Å². The van der Waals surface area contributed by atoms with Crippen LogP contribution in [0.3, 0.4) is 0 Å². The van der Waals surface area contributed by atoms with E-state index in [0.717, 1.165) is 47.0 Å². The molecule has 0 saturated carbocycles. The molecule has 0 spiro atoms. The first-order valence-corrected chi connectivity index (χ1v) is 11.4. The number of carbonyl (C=O) groups excluding carboxylic acids is 2. The predicted octanol–water partition coefficient (Wildman–Crippen LogP) is 3.65. The molecule has 2 amide bonds. The van der Waals surface area contributed by atoms with Gasteiger partial charge in [0.25, 0.3) is 0 Å². The van der Waals surface area contributed by atoms with Crippen molar-refractivity contribution in [1.29, 1.82) is 0 Å². The Labute approximate surface area is 180 Å². The SMILES string of the molecule is O=C1CSc2ccccc2N1CCC(=O)N1CCC[C@@H]1c1ccc2c(c1)OCCO2. The molecule has 0 radical (unpaired) electrons. The Kier molecular flexibility index (Phi) is 5.29. The summed E-state index contributed by atoms with van der Waals surface area (Å²) in [6.07, 6.45) is 2.24. The quantitative estimate of drug-likeness (QED) is 0.750. The molecule has 30 heavy (non-hydrogen) atoms. The second kappa shape index (κ2) is 8.22. The number of carbonyl (C=O) groups is 2. The molecule has 0 unspecified atom stereocenters. The van der Waals surface area contributed by atoms with Crippen molar-refractivity contribution in [3.8, 4) is 11.5 Å². The third-order valence-electron chi connectivity index (χ3n) is 5.88. The van der Waals surface area contributed by atoms with Crippen LogP contribution < -0.4 is 14.4 Å². The van der Waals surface area contributed by atoms with Crippen LogP contribution in [0.4, 0.5) is 5.69 Å². The van der Waals surface area contributed by atoms with Gasteiger partial charge in [-0.3, -0.25) is 9.59 Å². The molecule has 0 aliphatic carbocycles. The number of para-hydroxylation sites is 1. The Balaban J connectivity index is 1.29. The van der Waals surface area contributed by atoms with Crippen LogP contribution >= 0.6 is 11.8 Å². The molecule has 0 aromatic heterocycles. The molecule has 1 saturated heterocycles. The maximum absolute atomic E-state index is 13.1. The summed E-state index contributed by atoms with van der Waals surface area (Å²) in [6.45, 7) is 2.28. The molecule has 3 aliphatic rings. The van der Waals surface area contributed by atoms with Crippen molar-refractivity contribution in [3.05, 3.63) is 48.0 Å². The largest absolute Gasteiger partial charge is 0.486 e. The maximum atomic E-state index is 13.1. The lowest BCUT2D eigenvalue weighted by atomic mass is 10.0. The standard InChI is InChI=1S/C23H24N2O4S/c26-22(9-11-25-18-4-1-2-6-21(18)30-15-23(25)27)24-10-3-5-17(24)16-7-8-19-20(14-16)29-13-12-28-19/h1-2,4,6-8,14,17H,3,5,9-13,15H2/t17-/m1/s1. The van der Waals surface area contributed by atoms with Crippen LogP contribution in [0.5, 0.6) is 11.5 Å². The third-order valence-corrected chi connectivity index (χ3v) is 6.93. The van der Waals surface area contributed by atoms with Gasteiger partial charge in [0.15, 0.2) is 11.5 Å². The number of benzene rings is 2. The normalized spacial score (nSPS) is 20.3. The number of ether oxygens (including phenoxy) is 2. The zero-order valence-electron chi connectivity index (χ0n) is 16.7. The first-order chi connectivity index (χ1) is 14.7. The van der Waals surface area contributed by atoms with E-state index in [4.69, 9.17) is 9.47 Å². The van der Waals surface area contributed by atoms with Crippen LogP contribution in [0.25, 0.3) is 0 Å². The van der Waals surface area contributed by atoms with Crippen molar-refractivity contribution in [2.75, 3.05) is 37.0 Å². The number of fused-ring (bicyclic) bond motifs is 2. The van der Waals surface area contributed by atoms with E-state index in [2.05, 4.69) is 0 Å². The van der Waals surface area contributed by atoms with E-state index in [1.807, 2.05) is 47.4 Å². The molecule has 3 aliphatic heterocycles. The molecule has 0 bridgehead atoms. The van der Waals surface area contributed by atoms with E-state index in [-0.39, 0.29) is 17.9 Å². The molecular formula is C23H24N2O4S. The van der Waals surface area contributed by atoms with Crippen molar-refractivity contribution in [2.24, 2.45) is 0 Å².